The summed E-state index contributed by atoms with van der Waals surface area (Å²) in [5, 5.41) is 10.4. The first kappa shape index (κ1) is 14.4. The Kier molecular flexibility index (Phi) is 4.18. The van der Waals surface area contributed by atoms with Gasteiger partial charge in [-0.15, -0.1) is 5.10 Å². The molecule has 8 heteroatoms. The molecular weight excluding hydrogens is 274 g/mol. The molecule has 3 N–H and O–H groups in total. The van der Waals surface area contributed by atoms with Gasteiger partial charge in [-0.2, -0.15) is 0 Å². The fraction of sp³-hybridized carbons (Fsp3) is 0.769. The second kappa shape index (κ2) is 6.08. The number of amides is 1. The van der Waals surface area contributed by atoms with Crippen LogP contribution in [-0.2, 0) is 9.53 Å². The lowest BCUT2D eigenvalue weighted by atomic mass is 10.1. The third-order valence-electron chi connectivity index (χ3n) is 3.74. The minimum absolute atomic E-state index is 0.0311. The van der Waals surface area contributed by atoms with E-state index < -0.39 is 0 Å². The molecule has 0 aromatic carbocycles. The number of nitrogens with one attached hydrogen (secondary N) is 1. The minimum atomic E-state index is -0.161. The van der Waals surface area contributed by atoms with Crippen LogP contribution in [0.25, 0.3) is 0 Å². The largest absolute Gasteiger partial charge is 0.408 e. The van der Waals surface area contributed by atoms with Gasteiger partial charge in [0.05, 0.1) is 19.3 Å². The molecule has 2 atom stereocenters. The average Bonchev–Trinajstić information content (AvgIpc) is 3.20. The van der Waals surface area contributed by atoms with E-state index >= 15 is 0 Å². The van der Waals surface area contributed by atoms with E-state index in [4.69, 9.17) is 14.9 Å². The molecule has 0 spiro atoms. The van der Waals surface area contributed by atoms with Crippen molar-refractivity contribution in [3.8, 4) is 0 Å². The highest BCUT2D eigenvalue weighted by Gasteiger charge is 2.30. The number of aromatic nitrogens is 2. The highest BCUT2D eigenvalue weighted by atomic mass is 16.5. The molecule has 1 saturated carbocycles. The number of nitrogens with zero attached hydrogens (tertiary/aromatic N) is 3. The van der Waals surface area contributed by atoms with Crippen molar-refractivity contribution >= 4 is 11.9 Å². The van der Waals surface area contributed by atoms with Gasteiger partial charge in [0.2, 0.25) is 11.8 Å². The van der Waals surface area contributed by atoms with Crippen LogP contribution in [0.2, 0.25) is 0 Å². The van der Waals surface area contributed by atoms with E-state index in [9.17, 15) is 4.79 Å². The average molecular weight is 295 g/mol. The molecule has 0 radical (unpaired) electrons. The van der Waals surface area contributed by atoms with Gasteiger partial charge in [-0.25, -0.2) is 0 Å². The van der Waals surface area contributed by atoms with Gasteiger partial charge < -0.3 is 14.9 Å². The number of nitrogens with two attached hydrogens (primary N) is 1. The van der Waals surface area contributed by atoms with E-state index in [-0.39, 0.29) is 30.6 Å². The van der Waals surface area contributed by atoms with Crippen LogP contribution in [0.1, 0.15) is 31.6 Å². The Bertz CT molecular complexity index is 500. The van der Waals surface area contributed by atoms with Crippen molar-refractivity contribution in [1.29, 1.82) is 0 Å². The zero-order chi connectivity index (χ0) is 14.8. The lowest BCUT2D eigenvalue weighted by Gasteiger charge is -2.34. The second-order valence-electron chi connectivity index (χ2n) is 5.77. The molecule has 21 heavy (non-hydrogen) atoms. The van der Waals surface area contributed by atoms with Gasteiger partial charge >= 0.3 is 6.01 Å². The third-order valence-corrected chi connectivity index (χ3v) is 3.74. The zero-order valence-corrected chi connectivity index (χ0v) is 12.1. The van der Waals surface area contributed by atoms with E-state index in [1.165, 1.54) is 0 Å². The number of carbonyl (C=O) groups is 1. The molecular formula is C13H21N5O3. The summed E-state index contributed by atoms with van der Waals surface area (Å²) in [6, 6.07) is 0.131. The fourth-order valence-electron chi connectivity index (χ4n) is 2.34. The molecule has 1 saturated heterocycles. The van der Waals surface area contributed by atoms with Crippen LogP contribution in [0.4, 0.5) is 6.01 Å². The van der Waals surface area contributed by atoms with Gasteiger partial charge in [0.1, 0.15) is 0 Å². The van der Waals surface area contributed by atoms with Crippen molar-refractivity contribution in [2.24, 2.45) is 5.73 Å². The summed E-state index contributed by atoms with van der Waals surface area (Å²) in [7, 11) is 0. The van der Waals surface area contributed by atoms with E-state index in [2.05, 4.69) is 15.5 Å². The van der Waals surface area contributed by atoms with Crippen molar-refractivity contribution in [3.63, 3.8) is 0 Å². The summed E-state index contributed by atoms with van der Waals surface area (Å²) >= 11 is 0. The van der Waals surface area contributed by atoms with Crippen LogP contribution in [0, 0.1) is 0 Å². The Morgan fingerprint density at radius 1 is 1.52 bits per heavy atom. The molecule has 1 aromatic heterocycles. The molecule has 2 heterocycles. The smallest absolute Gasteiger partial charge is 0.322 e. The fourth-order valence-corrected chi connectivity index (χ4v) is 2.34. The molecule has 2 unspecified atom stereocenters. The number of hydrogen-bond acceptors (Lipinski definition) is 7. The van der Waals surface area contributed by atoms with Crippen molar-refractivity contribution < 1.29 is 13.9 Å². The number of morpholine rings is 1. The Morgan fingerprint density at radius 3 is 3.05 bits per heavy atom. The first-order chi connectivity index (χ1) is 10.1. The first-order valence-corrected chi connectivity index (χ1v) is 7.34. The summed E-state index contributed by atoms with van der Waals surface area (Å²) in [5.74, 6) is 0.842. The van der Waals surface area contributed by atoms with Crippen LogP contribution in [0.5, 0.6) is 0 Å². The van der Waals surface area contributed by atoms with E-state index in [0.29, 0.717) is 31.5 Å². The summed E-state index contributed by atoms with van der Waals surface area (Å²) in [4.78, 5) is 14.0. The van der Waals surface area contributed by atoms with Crippen LogP contribution in [0.15, 0.2) is 4.42 Å². The molecule has 1 aliphatic heterocycles. The molecule has 2 fully saturated rings. The Balaban J connectivity index is 1.48. The molecule has 8 nitrogen and oxygen atoms in total. The SMILES string of the molecule is CC(N)C1CN(CC(=O)Nc2nnc(C3CC3)o2)CCO1. The molecule has 1 aliphatic carbocycles. The van der Waals surface area contributed by atoms with Crippen LogP contribution in [0.3, 0.4) is 0 Å². The predicted octanol–water partition coefficient (Wildman–Crippen LogP) is -0.0665. The summed E-state index contributed by atoms with van der Waals surface area (Å²) in [6.07, 6.45) is 2.14. The van der Waals surface area contributed by atoms with E-state index in [0.717, 1.165) is 12.8 Å². The monoisotopic (exact) mass is 295 g/mol. The van der Waals surface area contributed by atoms with Crippen molar-refractivity contribution in [2.75, 3.05) is 31.6 Å². The van der Waals surface area contributed by atoms with Gasteiger partial charge in [-0.05, 0) is 19.8 Å². The highest BCUT2D eigenvalue weighted by molar-refractivity contribution is 5.90. The van der Waals surface area contributed by atoms with Crippen molar-refractivity contribution in [2.45, 2.75) is 37.8 Å². The van der Waals surface area contributed by atoms with Crippen LogP contribution >= 0.6 is 0 Å². The maximum atomic E-state index is 12.0. The summed E-state index contributed by atoms with van der Waals surface area (Å²) in [5.41, 5.74) is 5.84. The second-order valence-corrected chi connectivity index (χ2v) is 5.77. The van der Waals surface area contributed by atoms with Gasteiger partial charge in [0, 0.05) is 25.0 Å². The van der Waals surface area contributed by atoms with Crippen molar-refractivity contribution in [1.82, 2.24) is 15.1 Å². The number of ether oxygens (including phenoxy) is 1. The highest BCUT2D eigenvalue weighted by Crippen LogP contribution is 2.39. The van der Waals surface area contributed by atoms with Gasteiger partial charge in [0.15, 0.2) is 0 Å². The van der Waals surface area contributed by atoms with Crippen LogP contribution < -0.4 is 11.1 Å². The van der Waals surface area contributed by atoms with Gasteiger partial charge in [-0.1, -0.05) is 5.10 Å². The normalized spacial score (nSPS) is 24.8. The minimum Gasteiger partial charge on any atom is -0.408 e. The number of rotatable bonds is 5. The predicted molar refractivity (Wildman–Crippen MR) is 74.7 cm³/mol. The maximum absolute atomic E-state index is 12.0. The Morgan fingerprint density at radius 2 is 2.33 bits per heavy atom. The number of hydrogen-bond donors (Lipinski definition) is 2. The van der Waals surface area contributed by atoms with E-state index in [1.54, 1.807) is 0 Å². The summed E-state index contributed by atoms with van der Waals surface area (Å²) in [6.45, 7) is 4.14. The van der Waals surface area contributed by atoms with E-state index in [1.807, 2.05) is 11.8 Å². The number of carbonyl (C=O) groups excluding carboxylic acids is 1. The third kappa shape index (κ3) is 3.78. The number of anilines is 1. The maximum Gasteiger partial charge on any atom is 0.322 e. The van der Waals surface area contributed by atoms with Gasteiger partial charge in [-0.3, -0.25) is 15.0 Å². The van der Waals surface area contributed by atoms with Gasteiger partial charge in [0.25, 0.3) is 0 Å². The lowest BCUT2D eigenvalue weighted by Crippen LogP contribution is -2.51. The molecule has 116 valence electrons. The molecule has 1 aromatic rings. The molecule has 1 amide bonds. The molecule has 3 rings (SSSR count). The first-order valence-electron chi connectivity index (χ1n) is 7.34. The Hall–Kier alpha value is -1.51. The quantitative estimate of drug-likeness (QED) is 0.783. The topological polar surface area (TPSA) is 107 Å². The Labute approximate surface area is 123 Å². The lowest BCUT2D eigenvalue weighted by molar-refractivity contribution is -0.119. The standard InChI is InChI=1S/C13H21N5O3/c1-8(14)10-6-18(4-5-20-10)7-11(19)15-13-17-16-12(21-13)9-2-3-9/h8-10H,2-7,14H2,1H3,(H,15,17,19). The summed E-state index contributed by atoms with van der Waals surface area (Å²) < 4.78 is 11.0. The van der Waals surface area contributed by atoms with Crippen LogP contribution in [-0.4, -0.2) is 59.4 Å². The zero-order valence-electron chi connectivity index (χ0n) is 12.1. The molecule has 2 aliphatic rings. The molecule has 0 bridgehead atoms. The van der Waals surface area contributed by atoms with Crippen molar-refractivity contribution in [3.05, 3.63) is 5.89 Å².